The second-order valence-electron chi connectivity index (χ2n) is 6.36. The molecule has 3 aromatic heterocycles. The van der Waals surface area contributed by atoms with Crippen LogP contribution >= 0.6 is 0 Å². The summed E-state index contributed by atoms with van der Waals surface area (Å²) in [6, 6.07) is 0. The Morgan fingerprint density at radius 1 is 0.548 bits per heavy atom. The average molecular weight is 476 g/mol. The number of hydrogen-bond acceptors (Lipinski definition) is 9. The molecule has 0 saturated heterocycles. The molecule has 0 amide bonds. The van der Waals surface area contributed by atoms with E-state index in [9.17, 15) is 14.4 Å². The van der Waals surface area contributed by atoms with Crippen molar-refractivity contribution in [2.24, 2.45) is 0 Å². The second kappa shape index (κ2) is 11.7. The quantitative estimate of drug-likeness (QED) is 0.305. The predicted molar refractivity (Wildman–Crippen MR) is 105 cm³/mol. The number of nitrogens with zero attached hydrogens (tertiary/aromatic N) is 6. The molecule has 12 nitrogen and oxygen atoms in total. The molecule has 0 unspecified atom stereocenters. The monoisotopic (exact) mass is 476 g/mol. The summed E-state index contributed by atoms with van der Waals surface area (Å²) in [5.74, 6) is 0. The van der Waals surface area contributed by atoms with E-state index in [0.717, 1.165) is 16.7 Å². The summed E-state index contributed by atoms with van der Waals surface area (Å²) in [6.45, 7) is 10.3. The Hall–Kier alpha value is -3.44. The third kappa shape index (κ3) is 7.08. The molecule has 0 radical (unpaired) electrons. The first kappa shape index (κ1) is 27.6. The normalized spacial score (nSPS) is 9.48. The Morgan fingerprint density at radius 2 is 0.742 bits per heavy atom. The van der Waals surface area contributed by atoms with Crippen molar-refractivity contribution in [1.29, 1.82) is 0 Å². The molecule has 0 fully saturated rings. The van der Waals surface area contributed by atoms with Crippen molar-refractivity contribution in [3.63, 3.8) is 0 Å². The third-order valence-electron chi connectivity index (χ3n) is 4.31. The molecule has 3 N–H and O–H groups in total. The molecule has 0 saturated carbocycles. The summed E-state index contributed by atoms with van der Waals surface area (Å²) >= 11 is 0. The van der Waals surface area contributed by atoms with E-state index in [2.05, 4.69) is 15.0 Å². The van der Waals surface area contributed by atoms with Crippen LogP contribution in [0.15, 0.2) is 33.0 Å². The fraction of sp³-hybridized carbons (Fsp3) is 0.333. The van der Waals surface area contributed by atoms with Crippen LogP contribution in [-0.2, 0) is 17.1 Å². The molecule has 0 aliphatic carbocycles. The first-order valence-corrected chi connectivity index (χ1v) is 8.62. The molecule has 0 aromatic carbocycles. The van der Waals surface area contributed by atoms with Crippen LogP contribution in [0.5, 0.6) is 0 Å². The molecule has 0 bridgehead atoms. The molecule has 3 rings (SSSR count). The van der Waals surface area contributed by atoms with E-state index in [1.54, 1.807) is 41.5 Å². The first-order valence-electron chi connectivity index (χ1n) is 8.62. The summed E-state index contributed by atoms with van der Waals surface area (Å²) < 4.78 is 1.61. The summed E-state index contributed by atoms with van der Waals surface area (Å²) in [5, 5.41) is 26.8. The van der Waals surface area contributed by atoms with E-state index in [4.69, 9.17) is 15.6 Å². The second-order valence-corrected chi connectivity index (χ2v) is 6.36. The largest absolute Gasteiger partial charge is 0.424 e. The maximum Gasteiger partial charge on any atom is 0.380 e. The van der Waals surface area contributed by atoms with E-state index >= 15 is 0 Å². The Morgan fingerprint density at radius 3 is 0.903 bits per heavy atom. The maximum absolute atomic E-state index is 10.6. The van der Waals surface area contributed by atoms with Crippen LogP contribution < -0.4 is 17.1 Å². The van der Waals surface area contributed by atoms with Crippen molar-refractivity contribution in [2.75, 3.05) is 0 Å². The van der Waals surface area contributed by atoms with Gasteiger partial charge < -0.3 is 15.6 Å². The molecule has 0 aliphatic rings. The number of aromatic nitrogens is 6. The fourth-order valence-electron chi connectivity index (χ4n) is 1.83. The van der Waals surface area contributed by atoms with Crippen LogP contribution in [0.25, 0.3) is 0 Å². The van der Waals surface area contributed by atoms with Crippen molar-refractivity contribution >= 4 is 0 Å². The summed E-state index contributed by atoms with van der Waals surface area (Å²) in [7, 11) is 0. The fourth-order valence-corrected chi connectivity index (χ4v) is 1.83. The predicted octanol–water partition coefficient (Wildman–Crippen LogP) is 0.290. The van der Waals surface area contributed by atoms with E-state index in [0.29, 0.717) is 31.3 Å². The smallest absolute Gasteiger partial charge is 0.380 e. The molecule has 0 atom stereocenters. The number of rotatable bonds is 0. The van der Waals surface area contributed by atoms with Gasteiger partial charge in [0.2, 0.25) is 0 Å². The summed E-state index contributed by atoms with van der Waals surface area (Å²) in [5.41, 5.74) is 2.06. The van der Waals surface area contributed by atoms with Gasteiger partial charge in [0.05, 0.1) is 17.1 Å². The first-order chi connectivity index (χ1) is 13.9. The standard InChI is InChI=1S/3C6H8N2O2.Fe/c3*1-4-3-7-6(9)8(10)5(4)2;/h3*3,10H,1-2H3;. The van der Waals surface area contributed by atoms with Gasteiger partial charge >= 0.3 is 17.1 Å². The molecule has 31 heavy (non-hydrogen) atoms. The van der Waals surface area contributed by atoms with E-state index < -0.39 is 17.1 Å². The molecule has 0 aliphatic heterocycles. The van der Waals surface area contributed by atoms with Gasteiger partial charge in [0.25, 0.3) is 0 Å². The van der Waals surface area contributed by atoms with Crippen LogP contribution in [0.1, 0.15) is 33.8 Å². The minimum Gasteiger partial charge on any atom is -0.424 e. The number of hydrogen-bond donors (Lipinski definition) is 3. The molecule has 0 spiro atoms. The van der Waals surface area contributed by atoms with Gasteiger partial charge in [-0.05, 0) is 58.2 Å². The summed E-state index contributed by atoms with van der Waals surface area (Å²) in [6.07, 6.45) is 4.30. The van der Waals surface area contributed by atoms with Crippen molar-refractivity contribution < 1.29 is 32.7 Å². The Labute approximate surface area is 187 Å². The van der Waals surface area contributed by atoms with Gasteiger partial charge in [-0.3, -0.25) is 0 Å². The van der Waals surface area contributed by atoms with Crippen LogP contribution in [0.4, 0.5) is 0 Å². The molecule has 13 heteroatoms. The van der Waals surface area contributed by atoms with E-state index in [1.165, 1.54) is 18.6 Å². The minimum atomic E-state index is -0.636. The molecular weight excluding hydrogens is 452 g/mol. The van der Waals surface area contributed by atoms with Gasteiger partial charge in [0, 0.05) is 35.7 Å². The van der Waals surface area contributed by atoms with E-state index in [1.807, 2.05) is 0 Å². The zero-order chi connectivity index (χ0) is 23.2. The molecule has 170 valence electrons. The zero-order valence-corrected chi connectivity index (χ0v) is 18.9. The van der Waals surface area contributed by atoms with Crippen molar-refractivity contribution in [2.45, 2.75) is 41.5 Å². The SMILES string of the molecule is Cc1cnc(=O)n(O)c1C.Cc1cnc(=O)n(O)c1C.Cc1cnc(=O)n(O)c1C.[Fe]. The van der Waals surface area contributed by atoms with Gasteiger partial charge in [-0.25, -0.2) is 14.4 Å². The van der Waals surface area contributed by atoms with Crippen LogP contribution in [0, 0.1) is 41.5 Å². The Balaban J connectivity index is 0.000000429. The zero-order valence-electron chi connectivity index (χ0n) is 17.8. The minimum absolute atomic E-state index is 0. The maximum atomic E-state index is 10.6. The summed E-state index contributed by atoms with van der Waals surface area (Å²) in [4.78, 5) is 42.0. The average Bonchev–Trinajstić information content (AvgIpc) is 2.73. The van der Waals surface area contributed by atoms with Gasteiger partial charge in [-0.1, -0.05) is 0 Å². The van der Waals surface area contributed by atoms with Gasteiger partial charge in [-0.15, -0.1) is 14.2 Å². The van der Waals surface area contributed by atoms with Gasteiger partial charge in [-0.2, -0.15) is 15.0 Å². The van der Waals surface area contributed by atoms with Gasteiger partial charge in [0.15, 0.2) is 0 Å². The topological polar surface area (TPSA) is 165 Å². The molecular formula is C18H24FeN6O6. The molecule has 3 aromatic rings. The van der Waals surface area contributed by atoms with Crippen LogP contribution in [0.2, 0.25) is 0 Å². The number of aryl methyl sites for hydroxylation is 3. The van der Waals surface area contributed by atoms with Crippen LogP contribution in [-0.4, -0.2) is 44.8 Å². The third-order valence-corrected chi connectivity index (χ3v) is 4.31. The van der Waals surface area contributed by atoms with Crippen molar-refractivity contribution in [3.05, 3.63) is 83.8 Å². The Bertz CT molecular complexity index is 1070. The van der Waals surface area contributed by atoms with Crippen molar-refractivity contribution in [1.82, 2.24) is 29.1 Å². The van der Waals surface area contributed by atoms with Gasteiger partial charge in [0.1, 0.15) is 0 Å². The Kier molecular flexibility index (Phi) is 10.4. The van der Waals surface area contributed by atoms with E-state index in [-0.39, 0.29) is 17.1 Å². The van der Waals surface area contributed by atoms with Crippen LogP contribution in [0.3, 0.4) is 0 Å². The molecule has 3 heterocycles. The van der Waals surface area contributed by atoms with Crippen molar-refractivity contribution in [3.8, 4) is 0 Å².